The monoisotopic (exact) mass is 450 g/mol. The van der Waals surface area contributed by atoms with Crippen molar-refractivity contribution >= 4 is 13.6 Å². The van der Waals surface area contributed by atoms with Crippen molar-refractivity contribution in [1.82, 2.24) is 29.8 Å². The molecule has 4 rings (SSSR count). The molecule has 0 amide bonds. The van der Waals surface area contributed by atoms with Crippen LogP contribution in [0.5, 0.6) is 0 Å². The zero-order chi connectivity index (χ0) is 22.9. The molecule has 170 valence electrons. The third-order valence-corrected chi connectivity index (χ3v) is 13.7. The summed E-state index contributed by atoms with van der Waals surface area (Å²) in [7, 11) is -1.87. The van der Waals surface area contributed by atoms with E-state index in [0.717, 1.165) is 48.6 Å². The maximum absolute atomic E-state index is 6.46. The van der Waals surface area contributed by atoms with E-state index in [1.165, 1.54) is 11.9 Å². The lowest BCUT2D eigenvalue weighted by Gasteiger charge is -2.39. The molecular weight excluding hydrogens is 416 g/mol. The largest absolute Gasteiger partial charge is 0.449 e. The molecule has 7 nitrogen and oxygen atoms in total. The molecule has 0 aromatic carbocycles. The van der Waals surface area contributed by atoms with Crippen molar-refractivity contribution in [1.29, 1.82) is 0 Å². The Bertz CT molecular complexity index is 1030. The Morgan fingerprint density at radius 3 is 2.28 bits per heavy atom. The first-order chi connectivity index (χ1) is 15.3. The van der Waals surface area contributed by atoms with Gasteiger partial charge in [-0.1, -0.05) is 41.5 Å². The van der Waals surface area contributed by atoms with Gasteiger partial charge in [-0.2, -0.15) is 0 Å². The number of oxazole rings is 1. The smallest absolute Gasteiger partial charge is 0.167 e. The second kappa shape index (κ2) is 9.19. The maximum atomic E-state index is 6.46. The summed E-state index contributed by atoms with van der Waals surface area (Å²) < 4.78 is 6.46. The third kappa shape index (κ3) is 4.13. The van der Waals surface area contributed by atoms with E-state index in [-0.39, 0.29) is 0 Å². The van der Waals surface area contributed by atoms with E-state index in [2.05, 4.69) is 61.4 Å². The first-order valence-corrected chi connectivity index (χ1v) is 13.8. The zero-order valence-corrected chi connectivity index (χ0v) is 21.0. The molecule has 32 heavy (non-hydrogen) atoms. The summed E-state index contributed by atoms with van der Waals surface area (Å²) in [6, 6.07) is 0. The average molecular weight is 451 g/mol. The molecule has 0 saturated carbocycles. The summed E-state index contributed by atoms with van der Waals surface area (Å²) in [4.78, 5) is 24.7. The van der Waals surface area contributed by atoms with E-state index in [4.69, 9.17) is 14.4 Å². The lowest BCUT2D eigenvalue weighted by Crippen LogP contribution is -2.56. The molecule has 0 saturated heterocycles. The minimum atomic E-state index is -1.87. The highest BCUT2D eigenvalue weighted by Crippen LogP contribution is 2.40. The molecule has 0 aliphatic carbocycles. The van der Waals surface area contributed by atoms with Crippen molar-refractivity contribution < 1.29 is 4.42 Å². The van der Waals surface area contributed by atoms with Gasteiger partial charge in [0.25, 0.3) is 0 Å². The van der Waals surface area contributed by atoms with Gasteiger partial charge in [0.15, 0.2) is 19.4 Å². The van der Waals surface area contributed by atoms with Crippen LogP contribution in [0.2, 0.25) is 16.6 Å². The van der Waals surface area contributed by atoms with Gasteiger partial charge in [0, 0.05) is 43.7 Å². The quantitative estimate of drug-likeness (QED) is 0.495. The molecule has 0 spiro atoms. The van der Waals surface area contributed by atoms with Gasteiger partial charge in [-0.15, -0.1) is 0 Å². The summed E-state index contributed by atoms with van der Waals surface area (Å²) in [5.41, 5.74) is 5.89. The molecular formula is C24H34N6OSi. The van der Waals surface area contributed by atoms with E-state index < -0.39 is 8.07 Å². The lowest BCUT2D eigenvalue weighted by molar-refractivity contribution is 0.225. The van der Waals surface area contributed by atoms with Gasteiger partial charge in [0.2, 0.25) is 0 Å². The molecule has 0 unspecified atom stereocenters. The lowest BCUT2D eigenvalue weighted by atomic mass is 10.1. The van der Waals surface area contributed by atoms with E-state index in [1.54, 1.807) is 12.4 Å². The fourth-order valence-corrected chi connectivity index (χ4v) is 11.7. The number of hydrogen-bond donors (Lipinski definition) is 0. The Labute approximate surface area is 191 Å². The van der Waals surface area contributed by atoms with Crippen LogP contribution in [0.3, 0.4) is 0 Å². The third-order valence-electron chi connectivity index (χ3n) is 7.00. The number of hydrogen-bond acceptors (Lipinski definition) is 7. The number of aromatic nitrogens is 5. The molecule has 0 radical (unpaired) electrons. The molecule has 8 heteroatoms. The normalized spacial score (nSPS) is 15.0. The molecule has 0 N–H and O–H groups in total. The van der Waals surface area contributed by atoms with Crippen LogP contribution in [0.1, 0.15) is 58.6 Å². The average Bonchev–Trinajstić information content (AvgIpc) is 3.22. The first-order valence-electron chi connectivity index (χ1n) is 11.6. The van der Waals surface area contributed by atoms with Crippen molar-refractivity contribution in [3.8, 4) is 11.4 Å². The van der Waals surface area contributed by atoms with Gasteiger partial charge in [-0.25, -0.2) is 24.9 Å². The van der Waals surface area contributed by atoms with E-state index in [0.29, 0.717) is 22.4 Å². The van der Waals surface area contributed by atoms with Gasteiger partial charge in [-0.3, -0.25) is 4.90 Å². The van der Waals surface area contributed by atoms with Crippen molar-refractivity contribution in [2.24, 2.45) is 0 Å². The van der Waals surface area contributed by atoms with Gasteiger partial charge in [0.05, 0.1) is 24.0 Å². The minimum Gasteiger partial charge on any atom is -0.449 e. The molecule has 3 aromatic rings. The van der Waals surface area contributed by atoms with Gasteiger partial charge < -0.3 is 4.42 Å². The molecule has 4 heterocycles. The van der Waals surface area contributed by atoms with Crippen molar-refractivity contribution in [2.45, 2.75) is 77.7 Å². The number of fused-ring (bicyclic) bond motifs is 1. The van der Waals surface area contributed by atoms with Crippen LogP contribution in [-0.4, -0.2) is 44.4 Å². The molecule has 1 aliphatic heterocycles. The number of rotatable bonds is 7. The standard InChI is InChI=1S/C24H34N6OSi/c1-16(2)32(17(3)4,18(5)6)24-28-12-21(31-24)14-30-8-7-22-20(13-30)11-27-23(29-22)19-9-25-15-26-10-19/h9-12,15-18H,7-8,13-14H2,1-6H3. The predicted molar refractivity (Wildman–Crippen MR) is 128 cm³/mol. The first kappa shape index (κ1) is 22.7. The molecule has 3 aromatic heterocycles. The summed E-state index contributed by atoms with van der Waals surface area (Å²) in [6.45, 7) is 16.6. The highest BCUT2D eigenvalue weighted by Gasteiger charge is 2.49. The topological polar surface area (TPSA) is 80.8 Å². The van der Waals surface area contributed by atoms with E-state index >= 15 is 0 Å². The Balaban J connectivity index is 1.50. The molecule has 0 atom stereocenters. The van der Waals surface area contributed by atoms with Crippen LogP contribution in [0.15, 0.2) is 35.5 Å². The van der Waals surface area contributed by atoms with E-state index in [9.17, 15) is 0 Å². The summed E-state index contributed by atoms with van der Waals surface area (Å²) in [5, 5.41) is 0. The SMILES string of the molecule is CC(C)[Si](c1ncc(CN2CCc3nc(-c4cncnc4)ncc3C2)o1)(C(C)C)C(C)C. The van der Waals surface area contributed by atoms with Gasteiger partial charge in [-0.05, 0) is 16.6 Å². The summed E-state index contributed by atoms with van der Waals surface area (Å²) >= 11 is 0. The summed E-state index contributed by atoms with van der Waals surface area (Å²) in [6.07, 6.45) is 9.80. The Kier molecular flexibility index (Phi) is 6.53. The van der Waals surface area contributed by atoms with Crippen molar-refractivity contribution in [2.75, 3.05) is 6.54 Å². The predicted octanol–water partition coefficient (Wildman–Crippen LogP) is 4.37. The highest BCUT2D eigenvalue weighted by atomic mass is 28.3. The fourth-order valence-electron chi connectivity index (χ4n) is 5.61. The van der Waals surface area contributed by atoms with Crippen molar-refractivity contribution in [3.63, 3.8) is 0 Å². The van der Waals surface area contributed by atoms with Crippen LogP contribution in [0.4, 0.5) is 0 Å². The summed E-state index contributed by atoms with van der Waals surface area (Å²) in [5.74, 6) is 1.65. The molecule has 0 bridgehead atoms. The van der Waals surface area contributed by atoms with Gasteiger partial charge in [0.1, 0.15) is 12.1 Å². The van der Waals surface area contributed by atoms with E-state index in [1.807, 2.05) is 12.4 Å². The molecule has 0 fully saturated rings. The van der Waals surface area contributed by atoms with Crippen LogP contribution < -0.4 is 5.51 Å². The van der Waals surface area contributed by atoms with Crippen LogP contribution in [0, 0.1) is 0 Å². The van der Waals surface area contributed by atoms with Crippen LogP contribution in [-0.2, 0) is 19.5 Å². The Morgan fingerprint density at radius 2 is 1.62 bits per heavy atom. The van der Waals surface area contributed by atoms with Crippen LogP contribution in [0.25, 0.3) is 11.4 Å². The second-order valence-corrected chi connectivity index (χ2v) is 15.5. The van der Waals surface area contributed by atoms with Crippen LogP contribution >= 0.6 is 0 Å². The zero-order valence-electron chi connectivity index (χ0n) is 20.0. The Hall–Kier alpha value is -2.45. The number of nitrogens with zero attached hydrogens (tertiary/aromatic N) is 6. The Morgan fingerprint density at radius 1 is 0.938 bits per heavy atom. The second-order valence-electron chi connectivity index (χ2n) is 9.78. The highest BCUT2D eigenvalue weighted by molar-refractivity contribution is 6.93. The maximum Gasteiger partial charge on any atom is 0.167 e. The fraction of sp³-hybridized carbons (Fsp3) is 0.542. The van der Waals surface area contributed by atoms with Crippen molar-refractivity contribution in [3.05, 3.63) is 48.1 Å². The van der Waals surface area contributed by atoms with Gasteiger partial charge >= 0.3 is 0 Å². The molecule has 1 aliphatic rings. The minimum absolute atomic E-state index is 0.581.